The molecular weight excluding hydrogens is 319 g/mol. The Kier molecular flexibility index (Phi) is 4.01. The molecule has 0 saturated carbocycles. The Morgan fingerprint density at radius 1 is 1.20 bits per heavy atom. The van der Waals surface area contributed by atoms with Crippen LogP contribution in [0.2, 0.25) is 0 Å². The van der Waals surface area contributed by atoms with Crippen LogP contribution in [0.5, 0.6) is 0 Å². The van der Waals surface area contributed by atoms with Gasteiger partial charge < -0.3 is 4.90 Å². The standard InChI is InChI=1S/C19H17FN4O/c20-16-5-2-1-4-14(16)19(25)24-11-3-6-17(24)18-15(12-22-23-18)13-7-9-21-10-8-13/h1-2,4-5,7-10,12,17H,3,6,11H2,(H,22,23). The Hall–Kier alpha value is -3.02. The number of halogens is 1. The molecule has 0 aliphatic carbocycles. The number of benzene rings is 1. The monoisotopic (exact) mass is 336 g/mol. The van der Waals surface area contributed by atoms with E-state index < -0.39 is 5.82 Å². The van der Waals surface area contributed by atoms with Crippen molar-refractivity contribution in [1.29, 1.82) is 0 Å². The molecule has 1 unspecified atom stereocenters. The third kappa shape index (κ3) is 2.80. The largest absolute Gasteiger partial charge is 0.330 e. The van der Waals surface area contributed by atoms with Crippen molar-refractivity contribution in [1.82, 2.24) is 20.1 Å². The minimum Gasteiger partial charge on any atom is -0.330 e. The molecule has 3 heterocycles. The average molecular weight is 336 g/mol. The van der Waals surface area contributed by atoms with Crippen LogP contribution in [0, 0.1) is 5.82 Å². The predicted molar refractivity (Wildman–Crippen MR) is 91.2 cm³/mol. The molecule has 6 heteroatoms. The van der Waals surface area contributed by atoms with Gasteiger partial charge in [0.15, 0.2) is 0 Å². The van der Waals surface area contributed by atoms with Gasteiger partial charge in [0.1, 0.15) is 5.82 Å². The van der Waals surface area contributed by atoms with Crippen LogP contribution in [0.1, 0.15) is 34.9 Å². The number of hydrogen-bond donors (Lipinski definition) is 1. The molecular formula is C19H17FN4O. The van der Waals surface area contributed by atoms with E-state index in [1.807, 2.05) is 12.1 Å². The van der Waals surface area contributed by atoms with Gasteiger partial charge in [0.25, 0.3) is 5.91 Å². The number of carbonyl (C=O) groups excluding carboxylic acids is 1. The van der Waals surface area contributed by atoms with Crippen LogP contribution in [0.4, 0.5) is 4.39 Å². The molecule has 4 rings (SSSR count). The Morgan fingerprint density at radius 2 is 2.00 bits per heavy atom. The van der Waals surface area contributed by atoms with Gasteiger partial charge in [-0.3, -0.25) is 14.9 Å². The van der Waals surface area contributed by atoms with Gasteiger partial charge >= 0.3 is 0 Å². The van der Waals surface area contributed by atoms with E-state index in [2.05, 4.69) is 15.2 Å². The van der Waals surface area contributed by atoms with Crippen LogP contribution in [0.25, 0.3) is 11.1 Å². The van der Waals surface area contributed by atoms with Gasteiger partial charge in [-0.15, -0.1) is 0 Å². The van der Waals surface area contributed by atoms with Gasteiger partial charge in [-0.25, -0.2) is 4.39 Å². The minimum absolute atomic E-state index is 0.111. The summed E-state index contributed by atoms with van der Waals surface area (Å²) in [5.41, 5.74) is 2.93. The number of amides is 1. The predicted octanol–water partition coefficient (Wildman–Crippen LogP) is 3.59. The second-order valence-corrected chi connectivity index (χ2v) is 6.07. The van der Waals surface area contributed by atoms with Crippen molar-refractivity contribution >= 4 is 5.91 Å². The molecule has 1 N–H and O–H groups in total. The van der Waals surface area contributed by atoms with Crippen LogP contribution in [-0.2, 0) is 0 Å². The summed E-state index contributed by atoms with van der Waals surface area (Å²) in [6.07, 6.45) is 6.90. The number of pyridine rings is 1. The molecule has 0 bridgehead atoms. The highest BCUT2D eigenvalue weighted by molar-refractivity contribution is 5.95. The zero-order valence-corrected chi connectivity index (χ0v) is 13.5. The zero-order chi connectivity index (χ0) is 17.2. The lowest BCUT2D eigenvalue weighted by atomic mass is 10.0. The van der Waals surface area contributed by atoms with Gasteiger partial charge in [0.05, 0.1) is 23.5 Å². The summed E-state index contributed by atoms with van der Waals surface area (Å²) >= 11 is 0. The third-order valence-corrected chi connectivity index (χ3v) is 4.61. The highest BCUT2D eigenvalue weighted by Gasteiger charge is 2.34. The molecule has 25 heavy (non-hydrogen) atoms. The molecule has 1 atom stereocenters. The van der Waals surface area contributed by atoms with E-state index in [1.165, 1.54) is 12.1 Å². The van der Waals surface area contributed by atoms with Gasteiger partial charge in [-0.2, -0.15) is 5.10 Å². The molecule has 1 aromatic carbocycles. The van der Waals surface area contributed by atoms with E-state index in [4.69, 9.17) is 0 Å². The number of hydrogen-bond acceptors (Lipinski definition) is 3. The van der Waals surface area contributed by atoms with Crippen LogP contribution in [0.15, 0.2) is 55.0 Å². The van der Waals surface area contributed by atoms with Crippen LogP contribution in [-0.4, -0.2) is 32.5 Å². The minimum atomic E-state index is -0.489. The van der Waals surface area contributed by atoms with Crippen molar-refractivity contribution in [3.63, 3.8) is 0 Å². The molecule has 1 aliphatic rings. The second-order valence-electron chi connectivity index (χ2n) is 6.07. The topological polar surface area (TPSA) is 61.9 Å². The fourth-order valence-electron chi connectivity index (χ4n) is 3.41. The number of carbonyl (C=O) groups is 1. The first-order valence-corrected chi connectivity index (χ1v) is 8.25. The molecule has 0 spiro atoms. The smallest absolute Gasteiger partial charge is 0.257 e. The fourth-order valence-corrected chi connectivity index (χ4v) is 3.41. The van der Waals surface area contributed by atoms with Gasteiger partial charge in [-0.1, -0.05) is 12.1 Å². The van der Waals surface area contributed by atoms with Crippen LogP contribution >= 0.6 is 0 Å². The Morgan fingerprint density at radius 3 is 2.80 bits per heavy atom. The summed E-state index contributed by atoms with van der Waals surface area (Å²) in [4.78, 5) is 18.6. The van der Waals surface area contributed by atoms with E-state index in [0.717, 1.165) is 29.7 Å². The Bertz CT molecular complexity index is 893. The molecule has 1 fully saturated rings. The zero-order valence-electron chi connectivity index (χ0n) is 13.5. The lowest BCUT2D eigenvalue weighted by Crippen LogP contribution is -2.31. The quantitative estimate of drug-likeness (QED) is 0.795. The highest BCUT2D eigenvalue weighted by Crippen LogP contribution is 2.37. The maximum Gasteiger partial charge on any atom is 0.257 e. The Balaban J connectivity index is 1.69. The summed E-state index contributed by atoms with van der Waals surface area (Å²) in [6.45, 7) is 0.604. The van der Waals surface area contributed by atoms with Crippen molar-refractivity contribution in [2.45, 2.75) is 18.9 Å². The average Bonchev–Trinajstić information content (AvgIpc) is 3.31. The number of nitrogens with one attached hydrogen (secondary N) is 1. The number of H-pyrrole nitrogens is 1. The number of aromatic amines is 1. The first-order valence-electron chi connectivity index (χ1n) is 8.25. The van der Waals surface area contributed by atoms with Gasteiger partial charge in [-0.05, 0) is 42.7 Å². The van der Waals surface area contributed by atoms with Crippen molar-refractivity contribution in [2.75, 3.05) is 6.54 Å². The maximum atomic E-state index is 14.0. The van der Waals surface area contributed by atoms with Crippen molar-refractivity contribution in [3.05, 3.63) is 72.1 Å². The highest BCUT2D eigenvalue weighted by atomic mass is 19.1. The maximum absolute atomic E-state index is 14.0. The summed E-state index contributed by atoms with van der Waals surface area (Å²) < 4.78 is 14.0. The van der Waals surface area contributed by atoms with Crippen LogP contribution < -0.4 is 0 Å². The molecule has 1 aliphatic heterocycles. The van der Waals surface area contributed by atoms with Crippen molar-refractivity contribution in [2.24, 2.45) is 0 Å². The summed E-state index contributed by atoms with van der Waals surface area (Å²) in [6, 6.07) is 9.79. The molecule has 126 valence electrons. The third-order valence-electron chi connectivity index (χ3n) is 4.61. The summed E-state index contributed by atoms with van der Waals surface area (Å²) in [5, 5.41) is 7.21. The Labute approximate surface area is 144 Å². The fraction of sp³-hybridized carbons (Fsp3) is 0.211. The normalized spacial score (nSPS) is 17.0. The number of likely N-dealkylation sites (tertiary alicyclic amines) is 1. The number of aromatic nitrogens is 3. The second kappa shape index (κ2) is 6.47. The molecule has 1 amide bonds. The molecule has 5 nitrogen and oxygen atoms in total. The summed E-state index contributed by atoms with van der Waals surface area (Å²) in [5.74, 6) is -0.770. The van der Waals surface area contributed by atoms with E-state index in [9.17, 15) is 9.18 Å². The van der Waals surface area contributed by atoms with Gasteiger partial charge in [0.2, 0.25) is 0 Å². The van der Waals surface area contributed by atoms with Gasteiger partial charge in [0, 0.05) is 24.5 Å². The van der Waals surface area contributed by atoms with Crippen LogP contribution in [0.3, 0.4) is 0 Å². The SMILES string of the molecule is O=C(c1ccccc1F)N1CCCC1c1[nH]ncc1-c1ccncc1. The lowest BCUT2D eigenvalue weighted by molar-refractivity contribution is 0.0728. The van der Waals surface area contributed by atoms with E-state index in [1.54, 1.807) is 35.6 Å². The lowest BCUT2D eigenvalue weighted by Gasteiger charge is -2.25. The number of nitrogens with zero attached hydrogens (tertiary/aromatic N) is 3. The molecule has 3 aromatic rings. The molecule has 0 radical (unpaired) electrons. The van der Waals surface area contributed by atoms with E-state index in [-0.39, 0.29) is 17.5 Å². The summed E-state index contributed by atoms with van der Waals surface area (Å²) in [7, 11) is 0. The van der Waals surface area contributed by atoms with Crippen molar-refractivity contribution in [3.8, 4) is 11.1 Å². The first kappa shape index (κ1) is 15.5. The molecule has 2 aromatic heterocycles. The van der Waals surface area contributed by atoms with E-state index in [0.29, 0.717) is 6.54 Å². The van der Waals surface area contributed by atoms with E-state index >= 15 is 0 Å². The first-order chi connectivity index (χ1) is 12.3. The van der Waals surface area contributed by atoms with Crippen molar-refractivity contribution < 1.29 is 9.18 Å². The number of rotatable bonds is 3. The molecule has 1 saturated heterocycles.